The molecule has 3 nitrogen and oxygen atoms in total. The number of ether oxygens (including phenoxy) is 1. The summed E-state index contributed by atoms with van der Waals surface area (Å²) >= 11 is 13.1. The fourth-order valence-electron chi connectivity index (χ4n) is 1.99. The average molecular weight is 302 g/mol. The molecule has 0 bridgehead atoms. The fraction of sp³-hybridized carbons (Fsp3) is 0.250. The van der Waals surface area contributed by atoms with E-state index >= 15 is 0 Å². The molecule has 0 fully saturated rings. The van der Waals surface area contributed by atoms with Crippen molar-refractivity contribution in [2.45, 2.75) is 18.6 Å². The number of fused-ring (bicyclic) bond motifs is 1. The van der Waals surface area contributed by atoms with Crippen LogP contribution in [0.3, 0.4) is 0 Å². The quantitative estimate of drug-likeness (QED) is 0.865. The van der Waals surface area contributed by atoms with Crippen LogP contribution in [0.25, 0.3) is 0 Å². The molecule has 2 atom stereocenters. The summed E-state index contributed by atoms with van der Waals surface area (Å²) in [5.74, 6) is 0.648. The Kier molecular flexibility index (Phi) is 3.20. The predicted molar refractivity (Wildman–Crippen MR) is 71.5 cm³/mol. The maximum absolute atomic E-state index is 10.1. The molecule has 0 radical (unpaired) electrons. The van der Waals surface area contributed by atoms with Crippen molar-refractivity contribution in [3.8, 4) is 5.75 Å². The Bertz CT molecular complexity index is 587. The molecule has 18 heavy (non-hydrogen) atoms. The standard InChI is InChI=1S/C12H9Cl2NO2S/c13-6-1-2-9-7(3-6)8(16)4-10(17-9)12-15-5-11(14)18-12/h1-3,5,8,10,16H,4H2/t8-,10?/m1/s1. The number of hydrogen-bond donors (Lipinski definition) is 1. The molecule has 3 rings (SSSR count). The Morgan fingerprint density at radius 1 is 1.39 bits per heavy atom. The van der Waals surface area contributed by atoms with Gasteiger partial charge in [-0.3, -0.25) is 0 Å². The minimum atomic E-state index is -0.597. The lowest BCUT2D eigenvalue weighted by molar-refractivity contribution is 0.0656. The highest BCUT2D eigenvalue weighted by Crippen LogP contribution is 2.42. The SMILES string of the molecule is O[C@@H]1CC(c2ncc(Cl)s2)Oc2ccc(Cl)cc21. The summed E-state index contributed by atoms with van der Waals surface area (Å²) in [7, 11) is 0. The Hall–Kier alpha value is -0.810. The van der Waals surface area contributed by atoms with Gasteiger partial charge in [-0.2, -0.15) is 0 Å². The predicted octanol–water partition coefficient (Wildman–Crippen LogP) is 4.01. The van der Waals surface area contributed by atoms with E-state index in [1.54, 1.807) is 24.4 Å². The molecule has 1 aliphatic rings. The molecule has 1 unspecified atom stereocenters. The summed E-state index contributed by atoms with van der Waals surface area (Å²) in [5, 5.41) is 11.5. The molecule has 1 aromatic carbocycles. The number of aromatic nitrogens is 1. The number of hydrogen-bond acceptors (Lipinski definition) is 4. The molecule has 6 heteroatoms. The lowest BCUT2D eigenvalue weighted by atomic mass is 9.99. The van der Waals surface area contributed by atoms with Gasteiger partial charge in [0.25, 0.3) is 0 Å². The number of aliphatic hydroxyl groups is 1. The van der Waals surface area contributed by atoms with Crippen molar-refractivity contribution in [2.24, 2.45) is 0 Å². The van der Waals surface area contributed by atoms with Crippen molar-refractivity contribution in [1.29, 1.82) is 0 Å². The second-order valence-corrected chi connectivity index (χ2v) is 6.17. The molecule has 1 N–H and O–H groups in total. The number of aliphatic hydroxyl groups excluding tert-OH is 1. The van der Waals surface area contributed by atoms with Crippen molar-refractivity contribution in [2.75, 3.05) is 0 Å². The number of benzene rings is 1. The number of halogens is 2. The summed E-state index contributed by atoms with van der Waals surface area (Å²) in [4.78, 5) is 4.19. The first-order chi connectivity index (χ1) is 8.63. The van der Waals surface area contributed by atoms with E-state index in [9.17, 15) is 5.11 Å². The smallest absolute Gasteiger partial charge is 0.153 e. The summed E-state index contributed by atoms with van der Waals surface area (Å²) in [6, 6.07) is 5.24. The summed E-state index contributed by atoms with van der Waals surface area (Å²) in [5.41, 5.74) is 0.724. The third-order valence-electron chi connectivity index (χ3n) is 2.81. The van der Waals surface area contributed by atoms with Crippen LogP contribution in [-0.2, 0) is 0 Å². The van der Waals surface area contributed by atoms with E-state index in [2.05, 4.69) is 4.98 Å². The van der Waals surface area contributed by atoms with Gasteiger partial charge in [-0.15, -0.1) is 11.3 Å². The molecule has 1 aliphatic heterocycles. The third-order valence-corrected chi connectivity index (χ3v) is 4.25. The number of nitrogens with zero attached hydrogens (tertiary/aromatic N) is 1. The Morgan fingerprint density at radius 3 is 2.94 bits per heavy atom. The van der Waals surface area contributed by atoms with Gasteiger partial charge in [0.15, 0.2) is 6.10 Å². The van der Waals surface area contributed by atoms with Crippen LogP contribution >= 0.6 is 34.5 Å². The summed E-state index contributed by atoms with van der Waals surface area (Å²) in [6.45, 7) is 0. The van der Waals surface area contributed by atoms with E-state index in [4.69, 9.17) is 27.9 Å². The van der Waals surface area contributed by atoms with Gasteiger partial charge in [0, 0.05) is 17.0 Å². The zero-order valence-electron chi connectivity index (χ0n) is 9.14. The van der Waals surface area contributed by atoms with Crippen LogP contribution in [-0.4, -0.2) is 10.1 Å². The Balaban J connectivity index is 1.94. The topological polar surface area (TPSA) is 42.4 Å². The normalized spacial score (nSPS) is 22.4. The van der Waals surface area contributed by atoms with E-state index in [0.29, 0.717) is 21.5 Å². The Morgan fingerprint density at radius 2 is 2.22 bits per heavy atom. The molecule has 94 valence electrons. The lowest BCUT2D eigenvalue weighted by Gasteiger charge is -2.28. The van der Waals surface area contributed by atoms with Crippen LogP contribution in [0, 0.1) is 0 Å². The van der Waals surface area contributed by atoms with E-state index in [1.165, 1.54) is 11.3 Å². The number of rotatable bonds is 1. The molecule has 0 amide bonds. The van der Waals surface area contributed by atoms with Gasteiger partial charge in [0.05, 0.1) is 12.3 Å². The van der Waals surface area contributed by atoms with Crippen LogP contribution in [0.2, 0.25) is 9.36 Å². The van der Waals surface area contributed by atoms with Crippen molar-refractivity contribution >= 4 is 34.5 Å². The van der Waals surface area contributed by atoms with Gasteiger partial charge in [0.2, 0.25) is 0 Å². The Labute approximate surface area is 118 Å². The van der Waals surface area contributed by atoms with Gasteiger partial charge < -0.3 is 9.84 Å². The van der Waals surface area contributed by atoms with Crippen LogP contribution in [0.4, 0.5) is 0 Å². The highest BCUT2D eigenvalue weighted by Gasteiger charge is 2.29. The molecular weight excluding hydrogens is 293 g/mol. The van der Waals surface area contributed by atoms with Crippen LogP contribution in [0.15, 0.2) is 24.4 Å². The van der Waals surface area contributed by atoms with E-state index < -0.39 is 6.10 Å². The zero-order valence-corrected chi connectivity index (χ0v) is 11.5. The van der Waals surface area contributed by atoms with Gasteiger partial charge >= 0.3 is 0 Å². The second-order valence-electron chi connectivity index (χ2n) is 4.04. The minimum Gasteiger partial charge on any atom is -0.483 e. The second kappa shape index (κ2) is 4.70. The maximum Gasteiger partial charge on any atom is 0.153 e. The summed E-state index contributed by atoms with van der Waals surface area (Å²) < 4.78 is 6.44. The monoisotopic (exact) mass is 301 g/mol. The van der Waals surface area contributed by atoms with Crippen LogP contribution in [0.5, 0.6) is 5.75 Å². The van der Waals surface area contributed by atoms with E-state index in [1.807, 2.05) is 0 Å². The average Bonchev–Trinajstić information content (AvgIpc) is 2.77. The highest BCUT2D eigenvalue weighted by atomic mass is 35.5. The molecule has 2 aromatic rings. The maximum atomic E-state index is 10.1. The van der Waals surface area contributed by atoms with Crippen LogP contribution in [0.1, 0.15) is 29.2 Å². The lowest BCUT2D eigenvalue weighted by Crippen LogP contribution is -2.18. The molecule has 0 saturated heterocycles. The van der Waals surface area contributed by atoms with E-state index in [0.717, 1.165) is 10.6 Å². The van der Waals surface area contributed by atoms with E-state index in [-0.39, 0.29) is 6.10 Å². The minimum absolute atomic E-state index is 0.258. The largest absolute Gasteiger partial charge is 0.483 e. The molecule has 0 saturated carbocycles. The van der Waals surface area contributed by atoms with Gasteiger partial charge in [-0.1, -0.05) is 23.2 Å². The summed E-state index contributed by atoms with van der Waals surface area (Å²) in [6.07, 6.45) is 1.19. The first kappa shape index (κ1) is 12.2. The van der Waals surface area contributed by atoms with Gasteiger partial charge in [-0.25, -0.2) is 4.98 Å². The van der Waals surface area contributed by atoms with Crippen molar-refractivity contribution in [1.82, 2.24) is 4.98 Å². The zero-order chi connectivity index (χ0) is 12.7. The first-order valence-electron chi connectivity index (χ1n) is 5.39. The van der Waals surface area contributed by atoms with Gasteiger partial charge in [-0.05, 0) is 18.2 Å². The van der Waals surface area contributed by atoms with Crippen molar-refractivity contribution in [3.63, 3.8) is 0 Å². The van der Waals surface area contributed by atoms with Gasteiger partial charge in [0.1, 0.15) is 15.1 Å². The molecular formula is C12H9Cl2NO2S. The van der Waals surface area contributed by atoms with Crippen molar-refractivity contribution in [3.05, 3.63) is 44.3 Å². The first-order valence-corrected chi connectivity index (χ1v) is 6.96. The molecule has 0 aliphatic carbocycles. The van der Waals surface area contributed by atoms with Crippen molar-refractivity contribution < 1.29 is 9.84 Å². The molecule has 1 aromatic heterocycles. The molecule has 0 spiro atoms. The highest BCUT2D eigenvalue weighted by molar-refractivity contribution is 7.15. The fourth-order valence-corrected chi connectivity index (χ4v) is 3.14. The molecule has 2 heterocycles. The number of thiazole rings is 1. The van der Waals surface area contributed by atoms with Crippen LogP contribution < -0.4 is 4.74 Å². The third kappa shape index (κ3) is 2.21.